The van der Waals surface area contributed by atoms with E-state index in [0.29, 0.717) is 25.3 Å². The van der Waals surface area contributed by atoms with E-state index in [0.717, 1.165) is 5.56 Å². The van der Waals surface area contributed by atoms with Gasteiger partial charge in [0.15, 0.2) is 0 Å². The zero-order chi connectivity index (χ0) is 17.6. The van der Waals surface area contributed by atoms with Crippen molar-refractivity contribution in [3.05, 3.63) is 53.9 Å². The molecule has 0 bridgehead atoms. The van der Waals surface area contributed by atoms with Crippen molar-refractivity contribution in [3.8, 4) is 0 Å². The second kappa shape index (κ2) is 8.46. The number of carbonyl (C=O) groups is 1. The second-order valence-electron chi connectivity index (χ2n) is 6.28. The van der Waals surface area contributed by atoms with Gasteiger partial charge < -0.3 is 13.8 Å². The fourth-order valence-corrected chi connectivity index (χ4v) is 3.89. The van der Waals surface area contributed by atoms with Crippen LogP contribution in [0.5, 0.6) is 0 Å². The minimum atomic E-state index is -1.55. The summed E-state index contributed by atoms with van der Waals surface area (Å²) < 4.78 is 18.4. The van der Waals surface area contributed by atoms with Crippen molar-refractivity contribution in [1.29, 1.82) is 0 Å². The molecule has 130 valence electrons. The van der Waals surface area contributed by atoms with Gasteiger partial charge in [-0.25, -0.2) is 9.46 Å². The van der Waals surface area contributed by atoms with Crippen LogP contribution in [0.2, 0.25) is 0 Å². The molecule has 1 saturated heterocycles. The molecule has 0 saturated carbocycles. The lowest BCUT2D eigenvalue weighted by atomic mass is 9.97. The van der Waals surface area contributed by atoms with Crippen LogP contribution in [0.3, 0.4) is 0 Å². The molecule has 1 aromatic carbocycles. The molecular formula is C18H24NO4P. The molecule has 5 nitrogen and oxygen atoms in total. The second-order valence-corrected chi connectivity index (χ2v) is 7.67. The van der Waals surface area contributed by atoms with Gasteiger partial charge >= 0.3 is 6.09 Å². The number of carbonyl (C=O) groups excluding carboxylic acids is 1. The highest BCUT2D eigenvalue weighted by molar-refractivity contribution is 7.45. The molecule has 1 heterocycles. The molecule has 0 N–H and O–H groups in total. The Kier molecular flexibility index (Phi) is 6.59. The number of ether oxygens (including phenoxy) is 1. The normalized spacial score (nSPS) is 17.0. The lowest BCUT2D eigenvalue weighted by Gasteiger charge is -2.37. The monoisotopic (exact) mass is 349 g/mol. The van der Waals surface area contributed by atoms with Crippen LogP contribution in [0.1, 0.15) is 32.8 Å². The molecule has 2 rings (SSSR count). The van der Waals surface area contributed by atoms with Gasteiger partial charge in [0.25, 0.3) is 8.53 Å². The highest BCUT2D eigenvalue weighted by Crippen LogP contribution is 2.51. The molecule has 1 fully saturated rings. The fraction of sp³-hybridized carbons (Fsp3) is 0.444. The maximum absolute atomic E-state index is 12.6. The van der Waals surface area contributed by atoms with Crippen LogP contribution in [-0.4, -0.2) is 24.0 Å². The van der Waals surface area contributed by atoms with Crippen LogP contribution in [-0.2, 0) is 20.4 Å². The third-order valence-corrected chi connectivity index (χ3v) is 4.90. The van der Waals surface area contributed by atoms with Gasteiger partial charge in [-0.1, -0.05) is 57.7 Å². The highest BCUT2D eigenvalue weighted by atomic mass is 31.2. The zero-order valence-corrected chi connectivity index (χ0v) is 15.3. The Morgan fingerprint density at radius 3 is 2.50 bits per heavy atom. The van der Waals surface area contributed by atoms with E-state index in [9.17, 15) is 4.79 Å². The predicted octanol–water partition coefficient (Wildman–Crippen LogP) is 5.00. The van der Waals surface area contributed by atoms with Crippen molar-refractivity contribution in [2.75, 3.05) is 13.2 Å². The number of rotatable bonds is 5. The van der Waals surface area contributed by atoms with Crippen molar-refractivity contribution in [2.24, 2.45) is 5.41 Å². The Labute approximate surface area is 144 Å². The van der Waals surface area contributed by atoms with Crippen LogP contribution in [0.15, 0.2) is 48.3 Å². The first-order valence-electron chi connectivity index (χ1n) is 7.92. The summed E-state index contributed by atoms with van der Waals surface area (Å²) in [5.74, 6) is 0. The van der Waals surface area contributed by atoms with Crippen molar-refractivity contribution in [2.45, 2.75) is 33.8 Å². The molecule has 0 atom stereocenters. The minimum absolute atomic E-state index is 0.0667. The van der Waals surface area contributed by atoms with E-state index in [1.807, 2.05) is 37.3 Å². The van der Waals surface area contributed by atoms with E-state index in [-0.39, 0.29) is 12.0 Å². The van der Waals surface area contributed by atoms with E-state index in [4.69, 9.17) is 13.8 Å². The van der Waals surface area contributed by atoms with E-state index in [1.165, 1.54) is 4.67 Å². The summed E-state index contributed by atoms with van der Waals surface area (Å²) in [6.07, 6.45) is 0.0801. The Hall–Kier alpha value is -1.64. The maximum Gasteiger partial charge on any atom is 0.421 e. The third kappa shape index (κ3) is 4.93. The van der Waals surface area contributed by atoms with Crippen LogP contribution in [0.25, 0.3) is 0 Å². The number of allylic oxidation sites excluding steroid dienone is 1. The first kappa shape index (κ1) is 18.7. The number of nitrogens with zero attached hydrogens (tertiary/aromatic N) is 1. The lowest BCUT2D eigenvalue weighted by Crippen LogP contribution is -2.35. The van der Waals surface area contributed by atoms with Crippen LogP contribution in [0.4, 0.5) is 4.79 Å². The third-order valence-electron chi connectivity index (χ3n) is 3.47. The lowest BCUT2D eigenvalue weighted by molar-refractivity contribution is 0.0441. The first-order chi connectivity index (χ1) is 11.5. The number of hydrogen-bond acceptors (Lipinski definition) is 4. The molecule has 6 heteroatoms. The standard InChI is InChI=1S/C18H24NO4P/c1-5-16(6-2)19(24-22-13-18(3,4)14-23-24)17(20)21-12-15-10-8-7-9-11-15/h7-11H,1,6,12-14H2,2-4H3. The number of benzene rings is 1. The van der Waals surface area contributed by atoms with Gasteiger partial charge in [0.2, 0.25) is 0 Å². The quantitative estimate of drug-likeness (QED) is 0.554. The van der Waals surface area contributed by atoms with Gasteiger partial charge in [-0.3, -0.25) is 0 Å². The van der Waals surface area contributed by atoms with Gasteiger partial charge in [-0.15, -0.1) is 5.73 Å². The van der Waals surface area contributed by atoms with E-state index in [1.54, 1.807) is 0 Å². The molecule has 0 unspecified atom stereocenters. The van der Waals surface area contributed by atoms with Gasteiger partial charge in [0, 0.05) is 5.41 Å². The SMILES string of the molecule is C=C=C(CC)N(C(=O)OCc1ccccc1)P1OCC(C)(C)CO1. The molecule has 0 aliphatic carbocycles. The van der Waals surface area contributed by atoms with Crippen LogP contribution < -0.4 is 0 Å². The Bertz CT molecular complexity index is 601. The van der Waals surface area contributed by atoms with Crippen LogP contribution in [0, 0.1) is 5.41 Å². The van der Waals surface area contributed by atoms with E-state index < -0.39 is 14.6 Å². The molecule has 1 aliphatic rings. The largest absolute Gasteiger partial charge is 0.444 e. The summed E-state index contributed by atoms with van der Waals surface area (Å²) in [6, 6.07) is 9.54. The molecule has 1 amide bonds. The summed E-state index contributed by atoms with van der Waals surface area (Å²) in [6.45, 7) is 10.9. The Morgan fingerprint density at radius 2 is 1.96 bits per heavy atom. The van der Waals surface area contributed by atoms with Gasteiger partial charge in [0.1, 0.15) is 6.61 Å². The molecule has 1 aliphatic heterocycles. The van der Waals surface area contributed by atoms with Crippen molar-refractivity contribution < 1.29 is 18.6 Å². The van der Waals surface area contributed by atoms with E-state index >= 15 is 0 Å². The molecule has 24 heavy (non-hydrogen) atoms. The highest BCUT2D eigenvalue weighted by Gasteiger charge is 2.37. The summed E-state index contributed by atoms with van der Waals surface area (Å²) >= 11 is 0. The van der Waals surface area contributed by atoms with Crippen LogP contribution >= 0.6 is 8.53 Å². The van der Waals surface area contributed by atoms with Gasteiger partial charge in [-0.2, -0.15) is 0 Å². The van der Waals surface area contributed by atoms with Gasteiger partial charge in [0.05, 0.1) is 18.9 Å². The van der Waals surface area contributed by atoms with Crippen molar-refractivity contribution in [1.82, 2.24) is 4.67 Å². The first-order valence-corrected chi connectivity index (χ1v) is 9.05. The fourth-order valence-electron chi connectivity index (χ4n) is 2.06. The average Bonchev–Trinajstić information content (AvgIpc) is 2.59. The van der Waals surface area contributed by atoms with Gasteiger partial charge in [-0.05, 0) is 12.0 Å². The number of amides is 1. The van der Waals surface area contributed by atoms with E-state index in [2.05, 4.69) is 26.2 Å². The summed E-state index contributed by atoms with van der Waals surface area (Å²) in [5.41, 5.74) is 4.26. The van der Waals surface area contributed by atoms with Crippen molar-refractivity contribution in [3.63, 3.8) is 0 Å². The smallest absolute Gasteiger partial charge is 0.421 e. The molecular weight excluding hydrogens is 325 g/mol. The van der Waals surface area contributed by atoms with Crippen molar-refractivity contribution >= 4 is 14.6 Å². The summed E-state index contributed by atoms with van der Waals surface area (Å²) in [4.78, 5) is 12.6. The maximum atomic E-state index is 12.6. The minimum Gasteiger partial charge on any atom is -0.444 e. The summed E-state index contributed by atoms with van der Waals surface area (Å²) in [5, 5.41) is 0. The average molecular weight is 349 g/mol. The topological polar surface area (TPSA) is 48.0 Å². The molecule has 0 radical (unpaired) electrons. The Morgan fingerprint density at radius 1 is 1.33 bits per heavy atom. The molecule has 1 aromatic rings. The number of hydrogen-bond donors (Lipinski definition) is 0. The Balaban J connectivity index is 2.08. The molecule has 0 spiro atoms. The predicted molar refractivity (Wildman–Crippen MR) is 94.0 cm³/mol. The molecule has 0 aromatic heterocycles. The summed E-state index contributed by atoms with van der Waals surface area (Å²) in [7, 11) is -1.55. The zero-order valence-electron chi connectivity index (χ0n) is 14.4.